The lowest BCUT2D eigenvalue weighted by atomic mass is 10.2. The Kier molecular flexibility index (Phi) is 10.0. The van der Waals surface area contributed by atoms with Gasteiger partial charge in [0.05, 0.1) is 25.0 Å². The van der Waals surface area contributed by atoms with Gasteiger partial charge in [-0.05, 0) is 38.3 Å². The zero-order valence-electron chi connectivity index (χ0n) is 18.5. The van der Waals surface area contributed by atoms with Gasteiger partial charge in [0.1, 0.15) is 0 Å². The van der Waals surface area contributed by atoms with Crippen molar-refractivity contribution < 1.29 is 13.2 Å². The number of halogens is 1. The second kappa shape index (κ2) is 12.0. The van der Waals surface area contributed by atoms with Gasteiger partial charge in [-0.15, -0.1) is 24.0 Å². The maximum absolute atomic E-state index is 12.5. The van der Waals surface area contributed by atoms with E-state index in [-0.39, 0.29) is 42.4 Å². The summed E-state index contributed by atoms with van der Waals surface area (Å²) < 4.78 is 32.1. The molecule has 1 aliphatic rings. The molecule has 2 N–H and O–H groups in total. The normalized spacial score (nSPS) is 16.0. The number of aliphatic imine (C=N–C) groups is 1. The summed E-state index contributed by atoms with van der Waals surface area (Å²) in [7, 11) is -3.29. The van der Waals surface area contributed by atoms with Crippen LogP contribution in [0.2, 0.25) is 0 Å². The van der Waals surface area contributed by atoms with Crippen molar-refractivity contribution >= 4 is 50.9 Å². The molecule has 10 heteroatoms. The number of fused-ring (bicyclic) bond motifs is 1. The molecular weight excluding hydrogens is 529 g/mol. The second-order valence-corrected chi connectivity index (χ2v) is 9.76. The van der Waals surface area contributed by atoms with Crippen LogP contribution in [-0.2, 0) is 21.3 Å². The van der Waals surface area contributed by atoms with Gasteiger partial charge in [-0.25, -0.2) is 13.4 Å². The van der Waals surface area contributed by atoms with Gasteiger partial charge in [-0.3, -0.25) is 0 Å². The van der Waals surface area contributed by atoms with E-state index in [0.29, 0.717) is 32.7 Å². The first-order valence-electron chi connectivity index (χ1n) is 10.6. The quantitative estimate of drug-likeness (QED) is 0.293. The Morgan fingerprint density at radius 1 is 1.23 bits per heavy atom. The van der Waals surface area contributed by atoms with Crippen LogP contribution in [0, 0.1) is 0 Å². The minimum atomic E-state index is -3.29. The fourth-order valence-electron chi connectivity index (χ4n) is 3.50. The molecule has 0 saturated carbocycles. The molecule has 1 fully saturated rings. The molecule has 1 saturated heterocycles. The minimum absolute atomic E-state index is 0. The average Bonchev–Trinajstić information content (AvgIpc) is 3.14. The third-order valence-corrected chi connectivity index (χ3v) is 6.88. The zero-order chi connectivity index (χ0) is 21.6. The molecule has 0 amide bonds. The number of sulfonamides is 1. The Hall–Kier alpha value is -1.37. The molecule has 0 unspecified atom stereocenters. The Morgan fingerprint density at radius 2 is 1.94 bits per heavy atom. The number of rotatable bonds is 8. The molecule has 0 radical (unpaired) electrons. The molecule has 1 aromatic carbocycles. The van der Waals surface area contributed by atoms with Crippen molar-refractivity contribution in [3.05, 3.63) is 36.0 Å². The number of aromatic amines is 1. The maximum atomic E-state index is 12.5. The first-order chi connectivity index (χ1) is 14.4. The number of H-pyrrole nitrogens is 1. The van der Waals surface area contributed by atoms with Crippen molar-refractivity contribution in [3.63, 3.8) is 0 Å². The van der Waals surface area contributed by atoms with Crippen LogP contribution in [0.1, 0.15) is 26.5 Å². The summed E-state index contributed by atoms with van der Waals surface area (Å²) >= 11 is 0. The summed E-state index contributed by atoms with van der Waals surface area (Å²) in [4.78, 5) is 10.3. The van der Waals surface area contributed by atoms with Gasteiger partial charge in [-0.2, -0.15) is 4.31 Å². The smallest absolute Gasteiger partial charge is 0.216 e. The maximum Gasteiger partial charge on any atom is 0.216 e. The molecule has 3 rings (SSSR count). The van der Waals surface area contributed by atoms with Crippen LogP contribution in [0.15, 0.2) is 35.3 Å². The predicted octanol–water partition coefficient (Wildman–Crippen LogP) is 2.62. The van der Waals surface area contributed by atoms with Crippen molar-refractivity contribution in [2.45, 2.75) is 33.4 Å². The van der Waals surface area contributed by atoms with E-state index in [4.69, 9.17) is 9.73 Å². The van der Waals surface area contributed by atoms with Crippen LogP contribution in [0.4, 0.5) is 0 Å². The lowest BCUT2D eigenvalue weighted by molar-refractivity contribution is 0.0904. The van der Waals surface area contributed by atoms with Crippen LogP contribution in [0.25, 0.3) is 10.9 Å². The van der Waals surface area contributed by atoms with E-state index in [0.717, 1.165) is 23.7 Å². The van der Waals surface area contributed by atoms with Crippen molar-refractivity contribution in [1.82, 2.24) is 19.5 Å². The van der Waals surface area contributed by atoms with Gasteiger partial charge in [-0.1, -0.05) is 18.2 Å². The summed E-state index contributed by atoms with van der Waals surface area (Å²) in [6.45, 7) is 9.53. The highest BCUT2D eigenvalue weighted by Gasteiger charge is 2.28. The summed E-state index contributed by atoms with van der Waals surface area (Å²) in [6, 6.07) is 10.3. The van der Waals surface area contributed by atoms with E-state index in [1.54, 1.807) is 4.31 Å². The van der Waals surface area contributed by atoms with Crippen molar-refractivity contribution in [2.75, 3.05) is 45.1 Å². The molecule has 31 heavy (non-hydrogen) atoms. The van der Waals surface area contributed by atoms with E-state index >= 15 is 0 Å². The first-order valence-corrected chi connectivity index (χ1v) is 12.2. The Labute approximate surface area is 202 Å². The van der Waals surface area contributed by atoms with E-state index in [9.17, 15) is 8.42 Å². The number of ether oxygens (including phenoxy) is 1. The molecule has 1 aromatic heterocycles. The van der Waals surface area contributed by atoms with Gasteiger partial charge >= 0.3 is 0 Å². The van der Waals surface area contributed by atoms with Crippen molar-refractivity contribution in [2.24, 2.45) is 4.99 Å². The highest BCUT2D eigenvalue weighted by molar-refractivity contribution is 14.0. The van der Waals surface area contributed by atoms with Gasteiger partial charge in [0.15, 0.2) is 5.96 Å². The third-order valence-electron chi connectivity index (χ3n) is 5.04. The lowest BCUT2D eigenvalue weighted by Crippen LogP contribution is -2.54. The molecule has 174 valence electrons. The molecule has 2 aromatic rings. The number of nitrogens with zero attached hydrogens (tertiary/aromatic N) is 3. The van der Waals surface area contributed by atoms with E-state index < -0.39 is 10.0 Å². The number of aromatic nitrogens is 1. The minimum Gasteiger partial charge on any atom is -0.378 e. The number of benzene rings is 1. The van der Waals surface area contributed by atoms with Crippen molar-refractivity contribution in [1.29, 1.82) is 0 Å². The third kappa shape index (κ3) is 7.33. The van der Waals surface area contributed by atoms with Gasteiger partial charge in [0.25, 0.3) is 0 Å². The van der Waals surface area contributed by atoms with E-state index in [1.807, 2.05) is 32.9 Å². The Bertz CT molecular complexity index is 920. The molecule has 0 spiro atoms. The predicted molar refractivity (Wildman–Crippen MR) is 137 cm³/mol. The molecule has 0 bridgehead atoms. The fraction of sp³-hybridized carbons (Fsp3) is 0.571. The largest absolute Gasteiger partial charge is 0.378 e. The zero-order valence-corrected chi connectivity index (χ0v) is 21.7. The van der Waals surface area contributed by atoms with Crippen LogP contribution < -0.4 is 5.32 Å². The number of hydrogen-bond donors (Lipinski definition) is 2. The van der Waals surface area contributed by atoms with Crippen LogP contribution in [-0.4, -0.2) is 79.8 Å². The van der Waals surface area contributed by atoms with Crippen LogP contribution in [0.5, 0.6) is 0 Å². The van der Waals surface area contributed by atoms with Gasteiger partial charge < -0.3 is 19.9 Å². The summed E-state index contributed by atoms with van der Waals surface area (Å²) in [5.41, 5.74) is 2.16. The molecule has 0 atom stereocenters. The SMILES string of the molecule is CCNC(=NCc1cc2ccccc2[nH]1)N1CCN(S(=O)(=O)CCOC(C)C)CC1.I. The van der Waals surface area contributed by atoms with Crippen LogP contribution in [0.3, 0.4) is 0 Å². The summed E-state index contributed by atoms with van der Waals surface area (Å²) in [6.07, 6.45) is 0.0354. The molecular formula is C21H34IN5O3S. The molecule has 8 nitrogen and oxygen atoms in total. The van der Waals surface area contributed by atoms with Gasteiger partial charge in [0.2, 0.25) is 10.0 Å². The number of nitrogens with one attached hydrogen (secondary N) is 2. The average molecular weight is 564 g/mol. The second-order valence-electron chi connectivity index (χ2n) is 7.67. The number of hydrogen-bond acceptors (Lipinski definition) is 4. The summed E-state index contributed by atoms with van der Waals surface area (Å²) in [5.74, 6) is 0.844. The molecule has 0 aliphatic carbocycles. The van der Waals surface area contributed by atoms with E-state index in [2.05, 4.69) is 33.4 Å². The number of guanidine groups is 1. The van der Waals surface area contributed by atoms with Gasteiger partial charge in [0, 0.05) is 43.9 Å². The topological polar surface area (TPSA) is 90.0 Å². The molecule has 1 aliphatic heterocycles. The van der Waals surface area contributed by atoms with Crippen LogP contribution >= 0.6 is 24.0 Å². The monoisotopic (exact) mass is 563 g/mol. The fourth-order valence-corrected chi connectivity index (χ4v) is 4.79. The number of para-hydroxylation sites is 1. The highest BCUT2D eigenvalue weighted by Crippen LogP contribution is 2.15. The molecule has 2 heterocycles. The summed E-state index contributed by atoms with van der Waals surface area (Å²) in [5, 5.41) is 4.50. The standard InChI is InChI=1S/C21H33N5O3S.HI/c1-4-22-21(23-16-19-15-18-7-5-6-8-20(18)24-19)25-9-11-26(12-10-25)30(27,28)14-13-29-17(2)3;/h5-8,15,17,24H,4,9-14,16H2,1-3H3,(H,22,23);1H. The Balaban J connectivity index is 0.00000341. The van der Waals surface area contributed by atoms with E-state index in [1.165, 1.54) is 5.39 Å². The van der Waals surface area contributed by atoms with Crippen molar-refractivity contribution in [3.8, 4) is 0 Å². The first kappa shape index (κ1) is 25.9. The lowest BCUT2D eigenvalue weighted by Gasteiger charge is -2.35. The highest BCUT2D eigenvalue weighted by atomic mass is 127. The number of piperazine rings is 1. The Morgan fingerprint density at radius 3 is 2.58 bits per heavy atom.